The lowest BCUT2D eigenvalue weighted by atomic mass is 9.99. The summed E-state index contributed by atoms with van der Waals surface area (Å²) in [5.41, 5.74) is 1.27. The van der Waals surface area contributed by atoms with Crippen LogP contribution in [-0.4, -0.2) is 31.0 Å². The lowest BCUT2D eigenvalue weighted by molar-refractivity contribution is -0.304. The van der Waals surface area contributed by atoms with Gasteiger partial charge in [0.25, 0.3) is 11.8 Å². The number of imide groups is 1. The molecule has 182 valence electrons. The monoisotopic (exact) mass is 474 g/mol. The normalized spacial score (nSPS) is 12.8. The molecule has 4 rings (SSSR count). The third kappa shape index (κ3) is 4.71. The molecule has 0 saturated heterocycles. The van der Waals surface area contributed by atoms with Gasteiger partial charge in [-0.25, -0.2) is 4.90 Å². The smallest absolute Gasteiger partial charge is 0.270 e. The Morgan fingerprint density at radius 2 is 1.29 bits per heavy atom. The van der Waals surface area contributed by atoms with Crippen LogP contribution < -0.4 is 19.5 Å². The van der Waals surface area contributed by atoms with Crippen molar-refractivity contribution in [3.8, 4) is 11.5 Å². The molecule has 0 N–H and O–H groups in total. The molecule has 0 aromatic heterocycles. The van der Waals surface area contributed by atoms with E-state index in [9.17, 15) is 19.5 Å². The largest absolute Gasteiger partial charge is 0.550 e. The summed E-state index contributed by atoms with van der Waals surface area (Å²) in [6.45, 7) is 4.94. The zero-order valence-electron chi connectivity index (χ0n) is 20.0. The van der Waals surface area contributed by atoms with Gasteiger partial charge in [0.2, 0.25) is 0 Å². The molecule has 1 aliphatic heterocycles. The van der Waals surface area contributed by atoms with Gasteiger partial charge in [-0.05, 0) is 30.5 Å². The molecule has 0 atom stereocenters. The van der Waals surface area contributed by atoms with E-state index in [1.807, 2.05) is 24.3 Å². The van der Waals surface area contributed by atoms with Crippen molar-refractivity contribution in [3.63, 3.8) is 0 Å². The number of carboxylic acids is 1. The number of nitrogens with zero attached hydrogens (tertiary/aromatic N) is 1. The molecule has 0 spiro atoms. The molecule has 0 fully saturated rings. The number of unbranched alkanes of at least 4 members (excludes halogenated alkanes) is 2. The van der Waals surface area contributed by atoms with Crippen LogP contribution >= 0.6 is 0 Å². The van der Waals surface area contributed by atoms with E-state index in [2.05, 4.69) is 13.8 Å². The Bertz CT molecular complexity index is 1200. The maximum atomic E-state index is 13.7. The van der Waals surface area contributed by atoms with Crippen molar-refractivity contribution in [1.82, 2.24) is 0 Å². The minimum Gasteiger partial charge on any atom is -0.550 e. The van der Waals surface area contributed by atoms with Gasteiger partial charge in [0, 0.05) is 23.2 Å². The van der Waals surface area contributed by atoms with Gasteiger partial charge in [-0.15, -0.1) is 0 Å². The minimum absolute atomic E-state index is 0.204. The fourth-order valence-corrected chi connectivity index (χ4v) is 4.20. The first-order chi connectivity index (χ1) is 17.0. The quantitative estimate of drug-likeness (QED) is 0.304. The van der Waals surface area contributed by atoms with Crippen molar-refractivity contribution in [2.24, 2.45) is 0 Å². The summed E-state index contributed by atoms with van der Waals surface area (Å²) in [6, 6.07) is 13.8. The zero-order valence-corrected chi connectivity index (χ0v) is 20.0. The number of carboxylic acid groups (broad SMARTS) is 1. The van der Waals surface area contributed by atoms with Gasteiger partial charge >= 0.3 is 0 Å². The molecule has 7 nitrogen and oxygen atoms in total. The fraction of sp³-hybridized carbons (Fsp3) is 0.321. The number of fused-ring (bicyclic) bond motifs is 2. The topological polar surface area (TPSA) is 96.0 Å². The van der Waals surface area contributed by atoms with E-state index in [-0.39, 0.29) is 17.5 Å². The van der Waals surface area contributed by atoms with Crippen LogP contribution in [0.5, 0.6) is 11.5 Å². The molecule has 7 heteroatoms. The SMILES string of the molecule is CCCCOc1c2c(c(OCCCC)c3ccccc13)C(=O)N(c1ccc(CC(=O)[O-])cc1)C2=O. The van der Waals surface area contributed by atoms with E-state index < -0.39 is 17.8 Å². The van der Waals surface area contributed by atoms with Crippen molar-refractivity contribution in [1.29, 1.82) is 0 Å². The molecule has 0 radical (unpaired) electrons. The van der Waals surface area contributed by atoms with Crippen LogP contribution in [0.2, 0.25) is 0 Å². The van der Waals surface area contributed by atoms with Gasteiger partial charge in [-0.3, -0.25) is 9.59 Å². The number of amides is 2. The van der Waals surface area contributed by atoms with E-state index in [1.165, 1.54) is 0 Å². The highest BCUT2D eigenvalue weighted by Crippen LogP contribution is 2.46. The van der Waals surface area contributed by atoms with Crippen molar-refractivity contribution in [3.05, 3.63) is 65.2 Å². The lowest BCUT2D eigenvalue weighted by Gasteiger charge is -2.17. The maximum absolute atomic E-state index is 13.7. The van der Waals surface area contributed by atoms with Gasteiger partial charge < -0.3 is 19.4 Å². The predicted molar refractivity (Wildman–Crippen MR) is 131 cm³/mol. The first kappa shape index (κ1) is 24.3. The second-order valence-electron chi connectivity index (χ2n) is 8.52. The number of hydrogen-bond acceptors (Lipinski definition) is 6. The number of hydrogen-bond donors (Lipinski definition) is 0. The summed E-state index contributed by atoms with van der Waals surface area (Å²) in [5, 5.41) is 12.4. The molecule has 2 amide bonds. The second-order valence-corrected chi connectivity index (χ2v) is 8.52. The lowest BCUT2D eigenvalue weighted by Crippen LogP contribution is -2.29. The summed E-state index contributed by atoms with van der Waals surface area (Å²) in [7, 11) is 0. The van der Waals surface area contributed by atoms with Crippen molar-refractivity contribution < 1.29 is 29.0 Å². The standard InChI is InChI=1S/C28H29NO6/c1-3-5-15-34-25-20-9-7-8-10-21(20)26(35-16-6-4-2)24-23(25)27(32)29(28(24)33)19-13-11-18(12-14-19)17-22(30)31/h7-14H,3-6,15-17H2,1-2H3,(H,30,31)/p-1. The molecule has 1 aliphatic rings. The molecular formula is C28H28NO6-. The van der Waals surface area contributed by atoms with E-state index in [0.717, 1.165) is 41.4 Å². The van der Waals surface area contributed by atoms with Gasteiger partial charge in [0.1, 0.15) is 11.5 Å². The Hall–Kier alpha value is -3.87. The summed E-state index contributed by atoms with van der Waals surface area (Å²) in [4.78, 5) is 39.4. The number of carbonyl (C=O) groups excluding carboxylic acids is 3. The molecule has 1 heterocycles. The van der Waals surface area contributed by atoms with E-state index >= 15 is 0 Å². The third-order valence-electron chi connectivity index (χ3n) is 5.99. The van der Waals surface area contributed by atoms with Crippen LogP contribution in [-0.2, 0) is 11.2 Å². The first-order valence-corrected chi connectivity index (χ1v) is 12.0. The Morgan fingerprint density at radius 1 is 0.800 bits per heavy atom. The molecule has 0 aliphatic carbocycles. The van der Waals surface area contributed by atoms with Crippen LogP contribution in [0.25, 0.3) is 10.8 Å². The molecule has 0 saturated carbocycles. The average molecular weight is 475 g/mol. The highest BCUT2D eigenvalue weighted by Gasteiger charge is 2.43. The molecule has 3 aromatic rings. The Morgan fingerprint density at radius 3 is 1.71 bits per heavy atom. The van der Waals surface area contributed by atoms with E-state index in [0.29, 0.717) is 36.0 Å². The third-order valence-corrected chi connectivity index (χ3v) is 5.99. The van der Waals surface area contributed by atoms with Crippen molar-refractivity contribution >= 4 is 34.2 Å². The minimum atomic E-state index is -1.20. The van der Waals surface area contributed by atoms with Crippen molar-refractivity contribution in [2.75, 3.05) is 18.1 Å². The second kappa shape index (κ2) is 10.6. The van der Waals surface area contributed by atoms with Gasteiger partial charge in [0.15, 0.2) is 0 Å². The highest BCUT2D eigenvalue weighted by atomic mass is 16.5. The Balaban J connectivity index is 1.85. The van der Waals surface area contributed by atoms with Crippen LogP contribution in [0.4, 0.5) is 5.69 Å². The average Bonchev–Trinajstić information content (AvgIpc) is 3.10. The van der Waals surface area contributed by atoms with Crippen LogP contribution in [0, 0.1) is 0 Å². The molecule has 3 aromatic carbocycles. The number of benzene rings is 3. The number of carbonyl (C=O) groups is 3. The van der Waals surface area contributed by atoms with Gasteiger partial charge in [-0.2, -0.15) is 0 Å². The van der Waals surface area contributed by atoms with E-state index in [1.54, 1.807) is 24.3 Å². The van der Waals surface area contributed by atoms with Crippen molar-refractivity contribution in [2.45, 2.75) is 46.0 Å². The Labute approximate surface area is 204 Å². The van der Waals surface area contributed by atoms with Gasteiger partial charge in [0.05, 0.1) is 30.0 Å². The summed E-state index contributed by atoms with van der Waals surface area (Å²) >= 11 is 0. The van der Waals surface area contributed by atoms with Crippen LogP contribution in [0.3, 0.4) is 0 Å². The van der Waals surface area contributed by atoms with Gasteiger partial charge in [-0.1, -0.05) is 63.1 Å². The molecule has 0 unspecified atom stereocenters. The molecule has 35 heavy (non-hydrogen) atoms. The summed E-state index contributed by atoms with van der Waals surface area (Å²) in [5.74, 6) is -1.40. The van der Waals surface area contributed by atoms with Crippen LogP contribution in [0.1, 0.15) is 65.8 Å². The fourth-order valence-electron chi connectivity index (χ4n) is 4.20. The maximum Gasteiger partial charge on any atom is 0.270 e. The Kier molecular flexibility index (Phi) is 7.34. The highest BCUT2D eigenvalue weighted by molar-refractivity contribution is 6.38. The number of rotatable bonds is 11. The summed E-state index contributed by atoms with van der Waals surface area (Å²) in [6.07, 6.45) is 3.22. The first-order valence-electron chi connectivity index (χ1n) is 12.0. The number of aliphatic carboxylic acids is 1. The number of ether oxygens (including phenoxy) is 2. The predicted octanol–water partition coefficient (Wildman–Crippen LogP) is 4.29. The van der Waals surface area contributed by atoms with E-state index in [4.69, 9.17) is 9.47 Å². The number of anilines is 1. The van der Waals surface area contributed by atoms with Crippen LogP contribution in [0.15, 0.2) is 48.5 Å². The molecule has 0 bridgehead atoms. The molecular weight excluding hydrogens is 446 g/mol. The zero-order chi connectivity index (χ0) is 24.9. The summed E-state index contributed by atoms with van der Waals surface area (Å²) < 4.78 is 12.2.